The van der Waals surface area contributed by atoms with E-state index in [2.05, 4.69) is 23.2 Å². The van der Waals surface area contributed by atoms with E-state index in [9.17, 15) is 23.5 Å². The minimum Gasteiger partial charge on any atom is -0.478 e. The molecule has 3 aromatic rings. The molecule has 0 spiro atoms. The molecule has 2 aromatic carbocycles. The number of nitrogens with zero attached hydrogens (tertiary/aromatic N) is 2. The molecule has 0 aliphatic rings. The summed E-state index contributed by atoms with van der Waals surface area (Å²) in [5.74, 6) is -1.47. The number of benzene rings is 2. The monoisotopic (exact) mass is 457 g/mol. The Labute approximate surface area is 189 Å². The molecule has 2 N–H and O–H groups in total. The van der Waals surface area contributed by atoms with Crippen LogP contribution in [0.25, 0.3) is 5.69 Å². The molecule has 0 atom stereocenters. The zero-order valence-electron chi connectivity index (χ0n) is 17.3. The molecular weight excluding hydrogens is 436 g/mol. The lowest BCUT2D eigenvalue weighted by Crippen LogP contribution is -2.20. The van der Waals surface area contributed by atoms with Crippen LogP contribution in [0.1, 0.15) is 38.4 Å². The first-order valence-corrected chi connectivity index (χ1v) is 10.0. The largest absolute Gasteiger partial charge is 0.478 e. The number of aromatic carboxylic acids is 1. The van der Waals surface area contributed by atoms with Crippen LogP contribution in [-0.2, 0) is 16.5 Å². The Bertz CT molecular complexity index is 1200. The molecule has 0 aliphatic carbocycles. The summed E-state index contributed by atoms with van der Waals surface area (Å²) in [5, 5.41) is 9.90. The zero-order chi connectivity index (χ0) is 23.5. The van der Waals surface area contributed by atoms with Crippen LogP contribution < -0.4 is 5.43 Å². The smallest absolute Gasteiger partial charge is 0.335 e. The van der Waals surface area contributed by atoms with Gasteiger partial charge in [-0.15, -0.1) is 12.6 Å². The summed E-state index contributed by atoms with van der Waals surface area (Å²) < 4.78 is 28.5. The van der Waals surface area contributed by atoms with Crippen molar-refractivity contribution in [3.05, 3.63) is 88.2 Å². The predicted molar refractivity (Wildman–Crippen MR) is 121 cm³/mol. The molecule has 1 amide bonds. The first-order valence-electron chi connectivity index (χ1n) is 9.60. The summed E-state index contributed by atoms with van der Waals surface area (Å²) in [6.45, 7) is 3.73. The van der Waals surface area contributed by atoms with Crippen molar-refractivity contribution in [2.45, 2.75) is 25.5 Å². The topological polar surface area (TPSA) is 83.7 Å². The number of rotatable bonds is 7. The Morgan fingerprint density at radius 2 is 1.88 bits per heavy atom. The maximum atomic E-state index is 13.3. The highest BCUT2D eigenvalue weighted by Gasteiger charge is 2.25. The van der Waals surface area contributed by atoms with Gasteiger partial charge in [0.1, 0.15) is 0 Å². The van der Waals surface area contributed by atoms with Gasteiger partial charge >= 0.3 is 11.2 Å². The SMILES string of the molecule is Cc1cc(C=NNC(=O)Cc2cccc(C(F)(F)S)c2)c(C)n1-c1cccc(C(=O)O)c1. The molecule has 0 aliphatic heterocycles. The molecule has 9 heteroatoms. The maximum absolute atomic E-state index is 13.3. The van der Waals surface area contributed by atoms with Crippen LogP contribution in [0.4, 0.5) is 8.78 Å². The van der Waals surface area contributed by atoms with E-state index in [1.807, 2.05) is 24.5 Å². The molecule has 32 heavy (non-hydrogen) atoms. The van der Waals surface area contributed by atoms with Crippen molar-refractivity contribution in [2.75, 3.05) is 0 Å². The Balaban J connectivity index is 1.71. The molecule has 1 heterocycles. The normalized spacial score (nSPS) is 11.7. The summed E-state index contributed by atoms with van der Waals surface area (Å²) in [6.07, 6.45) is 1.37. The van der Waals surface area contributed by atoms with Gasteiger partial charge in [0.25, 0.3) is 0 Å². The fourth-order valence-corrected chi connectivity index (χ4v) is 3.50. The molecule has 0 unspecified atom stereocenters. The Hall–Kier alpha value is -3.46. The fraction of sp³-hybridized carbons (Fsp3) is 0.174. The fourth-order valence-electron chi connectivity index (χ4n) is 3.36. The maximum Gasteiger partial charge on any atom is 0.335 e. The van der Waals surface area contributed by atoms with Gasteiger partial charge in [-0.05, 0) is 49.7 Å². The van der Waals surface area contributed by atoms with E-state index < -0.39 is 17.1 Å². The van der Waals surface area contributed by atoms with Crippen molar-refractivity contribution < 1.29 is 23.5 Å². The number of alkyl halides is 2. The zero-order valence-corrected chi connectivity index (χ0v) is 18.2. The third-order valence-corrected chi connectivity index (χ3v) is 5.11. The van der Waals surface area contributed by atoms with E-state index in [1.54, 1.807) is 24.3 Å². The number of amides is 1. The van der Waals surface area contributed by atoms with E-state index in [-0.39, 0.29) is 17.5 Å². The number of hydrogen-bond acceptors (Lipinski definition) is 4. The number of aromatic nitrogens is 1. The van der Waals surface area contributed by atoms with Crippen LogP contribution in [0, 0.1) is 13.8 Å². The third kappa shape index (κ3) is 5.42. The highest BCUT2D eigenvalue weighted by atomic mass is 32.1. The van der Waals surface area contributed by atoms with Crippen LogP contribution >= 0.6 is 12.6 Å². The number of carboxylic acid groups (broad SMARTS) is 1. The predicted octanol–water partition coefficient (Wildman–Crippen LogP) is 4.46. The van der Waals surface area contributed by atoms with E-state index in [0.29, 0.717) is 11.3 Å². The Morgan fingerprint density at radius 1 is 1.16 bits per heavy atom. The van der Waals surface area contributed by atoms with Gasteiger partial charge in [0.2, 0.25) is 5.91 Å². The molecular formula is C23H21F2N3O3S. The van der Waals surface area contributed by atoms with Crippen LogP contribution in [0.5, 0.6) is 0 Å². The van der Waals surface area contributed by atoms with Gasteiger partial charge in [-0.25, -0.2) is 10.2 Å². The second-order valence-corrected chi connectivity index (χ2v) is 7.79. The number of carbonyl (C=O) groups excluding carboxylic acids is 1. The Morgan fingerprint density at radius 3 is 2.56 bits per heavy atom. The summed E-state index contributed by atoms with van der Waals surface area (Å²) in [7, 11) is 0. The number of thiol groups is 1. The van der Waals surface area contributed by atoms with Crippen LogP contribution in [0.2, 0.25) is 0 Å². The molecule has 1 aromatic heterocycles. The van der Waals surface area contributed by atoms with Crippen molar-refractivity contribution in [1.82, 2.24) is 9.99 Å². The average molecular weight is 458 g/mol. The van der Waals surface area contributed by atoms with Crippen molar-refractivity contribution in [1.29, 1.82) is 0 Å². The minimum atomic E-state index is -3.28. The lowest BCUT2D eigenvalue weighted by atomic mass is 10.1. The number of aryl methyl sites for hydroxylation is 1. The van der Waals surface area contributed by atoms with Crippen molar-refractivity contribution in [3.63, 3.8) is 0 Å². The summed E-state index contributed by atoms with van der Waals surface area (Å²) in [5.41, 5.74) is 5.82. The number of hydrazone groups is 1. The number of carbonyl (C=O) groups is 2. The van der Waals surface area contributed by atoms with Gasteiger partial charge in [0, 0.05) is 28.2 Å². The molecule has 0 fully saturated rings. The second kappa shape index (κ2) is 9.35. The lowest BCUT2D eigenvalue weighted by molar-refractivity contribution is -0.120. The van der Waals surface area contributed by atoms with E-state index >= 15 is 0 Å². The molecule has 0 bridgehead atoms. The van der Waals surface area contributed by atoms with E-state index in [0.717, 1.165) is 17.0 Å². The highest BCUT2D eigenvalue weighted by molar-refractivity contribution is 7.81. The number of hydrogen-bond donors (Lipinski definition) is 3. The molecule has 0 saturated heterocycles. The van der Waals surface area contributed by atoms with Crippen LogP contribution in [0.3, 0.4) is 0 Å². The van der Waals surface area contributed by atoms with Gasteiger partial charge in [0.05, 0.1) is 18.2 Å². The standard InChI is InChI=1S/C23H21F2N3O3S/c1-14-9-18(15(2)28(14)20-8-4-6-17(12-20)22(30)31)13-26-27-21(29)11-16-5-3-7-19(10-16)23(24,25)32/h3-10,12-13,32H,11H2,1-2H3,(H,27,29)(H,30,31). The summed E-state index contributed by atoms with van der Waals surface area (Å²) >= 11 is 3.25. The van der Waals surface area contributed by atoms with Gasteiger partial charge in [-0.2, -0.15) is 13.9 Å². The average Bonchev–Trinajstić information content (AvgIpc) is 3.01. The van der Waals surface area contributed by atoms with Crippen molar-refractivity contribution in [3.8, 4) is 5.69 Å². The summed E-state index contributed by atoms with van der Waals surface area (Å²) in [4.78, 5) is 23.4. The van der Waals surface area contributed by atoms with Gasteiger partial charge < -0.3 is 9.67 Å². The third-order valence-electron chi connectivity index (χ3n) is 4.85. The quantitative estimate of drug-likeness (QED) is 0.278. The highest BCUT2D eigenvalue weighted by Crippen LogP contribution is 2.32. The molecule has 3 rings (SSSR count). The summed E-state index contributed by atoms with van der Waals surface area (Å²) in [6, 6.07) is 13.9. The molecule has 166 valence electrons. The van der Waals surface area contributed by atoms with E-state index in [1.165, 1.54) is 30.5 Å². The van der Waals surface area contributed by atoms with Crippen LogP contribution in [-0.4, -0.2) is 27.8 Å². The number of halogens is 2. The second-order valence-electron chi connectivity index (χ2n) is 7.23. The van der Waals surface area contributed by atoms with E-state index in [4.69, 9.17) is 0 Å². The van der Waals surface area contributed by atoms with Gasteiger partial charge in [-0.3, -0.25) is 4.79 Å². The molecule has 0 saturated carbocycles. The van der Waals surface area contributed by atoms with Crippen molar-refractivity contribution in [2.24, 2.45) is 5.10 Å². The van der Waals surface area contributed by atoms with Gasteiger partial charge in [0.15, 0.2) is 0 Å². The number of carboxylic acids is 1. The number of nitrogens with one attached hydrogen (secondary N) is 1. The molecule has 6 nitrogen and oxygen atoms in total. The van der Waals surface area contributed by atoms with Gasteiger partial charge in [-0.1, -0.05) is 24.3 Å². The van der Waals surface area contributed by atoms with Crippen LogP contribution in [0.15, 0.2) is 59.7 Å². The molecule has 0 radical (unpaired) electrons. The lowest BCUT2D eigenvalue weighted by Gasteiger charge is -2.10. The first kappa shape index (κ1) is 23.2. The van der Waals surface area contributed by atoms with Crippen molar-refractivity contribution >= 4 is 30.7 Å². The first-order chi connectivity index (χ1) is 15.1. The Kier molecular flexibility index (Phi) is 6.78. The minimum absolute atomic E-state index is 0.115.